The third-order valence-corrected chi connectivity index (χ3v) is 10.6. The van der Waals surface area contributed by atoms with E-state index in [4.69, 9.17) is 18.5 Å². The minimum Gasteiger partial charge on any atom is -0.498 e. The first-order valence-electron chi connectivity index (χ1n) is 23.1. The molecule has 0 aliphatic carbocycles. The third kappa shape index (κ3) is 45.0. The molecule has 0 saturated heterocycles. The van der Waals surface area contributed by atoms with E-state index in [1.165, 1.54) is 109 Å². The Morgan fingerprint density at radius 1 is 0.561 bits per heavy atom. The highest BCUT2D eigenvalue weighted by atomic mass is 31.2. The molecule has 0 rings (SSSR count). The number of ether oxygens (including phenoxy) is 2. The maximum atomic E-state index is 12.7. The van der Waals surface area contributed by atoms with Gasteiger partial charge in [-0.2, -0.15) is 0 Å². The van der Waals surface area contributed by atoms with Crippen molar-refractivity contribution < 1.29 is 37.3 Å². The maximum Gasteiger partial charge on any atom is 0.472 e. The summed E-state index contributed by atoms with van der Waals surface area (Å²) in [5.41, 5.74) is 0. The first-order chi connectivity index (χ1) is 27.6. The second-order valence-electron chi connectivity index (χ2n) is 16.5. The summed E-state index contributed by atoms with van der Waals surface area (Å²) in [6, 6.07) is 0. The summed E-state index contributed by atoms with van der Waals surface area (Å²) in [4.78, 5) is 22.9. The SMILES string of the molecule is CCCCC/C=C\C/C=C\C/C=C\C/C=C\CCCCCC(=O)O[C@H](CO/C=C\CCCCCCCCCCCCCCCC)COP(=O)(O)OCC[N+](C)(C)C. The molecule has 1 unspecified atom stereocenters. The van der Waals surface area contributed by atoms with Gasteiger partial charge in [-0.25, -0.2) is 4.57 Å². The highest BCUT2D eigenvalue weighted by molar-refractivity contribution is 7.47. The van der Waals surface area contributed by atoms with Crippen molar-refractivity contribution in [1.82, 2.24) is 0 Å². The lowest BCUT2D eigenvalue weighted by molar-refractivity contribution is -0.870. The molecule has 57 heavy (non-hydrogen) atoms. The van der Waals surface area contributed by atoms with Crippen LogP contribution in [0.4, 0.5) is 0 Å². The van der Waals surface area contributed by atoms with E-state index in [-0.39, 0.29) is 32.2 Å². The summed E-state index contributed by atoms with van der Waals surface area (Å²) in [5.74, 6) is -0.366. The molecule has 8 nitrogen and oxygen atoms in total. The van der Waals surface area contributed by atoms with Crippen molar-refractivity contribution in [2.24, 2.45) is 0 Å². The normalized spacial score (nSPS) is 14.2. The number of carbonyl (C=O) groups is 1. The van der Waals surface area contributed by atoms with E-state index < -0.39 is 13.9 Å². The van der Waals surface area contributed by atoms with Gasteiger partial charge in [0, 0.05) is 6.42 Å². The number of rotatable bonds is 42. The van der Waals surface area contributed by atoms with Gasteiger partial charge in [0.2, 0.25) is 0 Å². The molecule has 9 heteroatoms. The Labute approximate surface area is 351 Å². The van der Waals surface area contributed by atoms with E-state index >= 15 is 0 Å². The average Bonchev–Trinajstić information content (AvgIpc) is 3.16. The smallest absolute Gasteiger partial charge is 0.472 e. The molecule has 0 spiro atoms. The minimum absolute atomic E-state index is 0.0337. The highest BCUT2D eigenvalue weighted by Crippen LogP contribution is 2.43. The number of phosphoric ester groups is 1. The molecule has 0 saturated carbocycles. The van der Waals surface area contributed by atoms with Crippen molar-refractivity contribution in [2.45, 2.75) is 193 Å². The molecule has 0 aromatic rings. The molecular formula is C48H89NO7P+. The molecule has 0 amide bonds. The summed E-state index contributed by atoms with van der Waals surface area (Å²) in [7, 11) is 1.61. The lowest BCUT2D eigenvalue weighted by atomic mass is 10.0. The Bertz CT molecular complexity index is 1090. The van der Waals surface area contributed by atoms with E-state index in [2.05, 4.69) is 62.5 Å². The number of esters is 1. The van der Waals surface area contributed by atoms with Gasteiger partial charge in [-0.15, -0.1) is 0 Å². The van der Waals surface area contributed by atoms with Crippen LogP contribution >= 0.6 is 7.82 Å². The average molecular weight is 823 g/mol. The van der Waals surface area contributed by atoms with Gasteiger partial charge < -0.3 is 18.9 Å². The van der Waals surface area contributed by atoms with Crippen molar-refractivity contribution in [3.8, 4) is 0 Å². The molecule has 0 aliphatic heterocycles. The fourth-order valence-corrected chi connectivity index (χ4v) is 6.77. The fourth-order valence-electron chi connectivity index (χ4n) is 6.03. The van der Waals surface area contributed by atoms with Crippen LogP contribution < -0.4 is 0 Å². The topological polar surface area (TPSA) is 91.3 Å². The van der Waals surface area contributed by atoms with Crippen molar-refractivity contribution in [3.63, 3.8) is 0 Å². The van der Waals surface area contributed by atoms with Gasteiger partial charge in [0.15, 0.2) is 6.10 Å². The summed E-state index contributed by atoms with van der Waals surface area (Å²) in [6.07, 6.45) is 52.1. The molecular weight excluding hydrogens is 734 g/mol. The summed E-state index contributed by atoms with van der Waals surface area (Å²) < 4.78 is 34.7. The van der Waals surface area contributed by atoms with Crippen LogP contribution in [0.5, 0.6) is 0 Å². The van der Waals surface area contributed by atoms with Crippen LogP contribution in [-0.4, -0.2) is 69.0 Å². The second kappa shape index (κ2) is 40.8. The van der Waals surface area contributed by atoms with Crippen LogP contribution in [0.3, 0.4) is 0 Å². The zero-order valence-corrected chi connectivity index (χ0v) is 38.5. The van der Waals surface area contributed by atoms with E-state index in [1.54, 1.807) is 6.26 Å². The molecule has 2 atom stereocenters. The number of likely N-dealkylation sites (N-methyl/N-ethyl adjacent to an activating group) is 1. The Kier molecular flexibility index (Phi) is 39.4. The van der Waals surface area contributed by atoms with E-state index in [0.29, 0.717) is 17.4 Å². The molecule has 0 radical (unpaired) electrons. The minimum atomic E-state index is -4.30. The number of hydrogen-bond acceptors (Lipinski definition) is 6. The number of phosphoric acid groups is 1. The fraction of sp³-hybridized carbons (Fsp3) is 0.771. The lowest BCUT2D eigenvalue weighted by Gasteiger charge is -2.24. The van der Waals surface area contributed by atoms with E-state index in [0.717, 1.165) is 51.4 Å². The van der Waals surface area contributed by atoms with Crippen LogP contribution in [0, 0.1) is 0 Å². The first-order valence-corrected chi connectivity index (χ1v) is 24.6. The largest absolute Gasteiger partial charge is 0.498 e. The Morgan fingerprint density at radius 3 is 1.49 bits per heavy atom. The predicted molar refractivity (Wildman–Crippen MR) is 242 cm³/mol. The van der Waals surface area contributed by atoms with Gasteiger partial charge in [-0.3, -0.25) is 13.8 Å². The van der Waals surface area contributed by atoms with Gasteiger partial charge in [0.05, 0.1) is 34.0 Å². The molecule has 0 heterocycles. The number of nitrogens with zero attached hydrogens (tertiary/aromatic N) is 1. The number of carbonyl (C=O) groups excluding carboxylic acids is 1. The first kappa shape index (κ1) is 55.0. The van der Waals surface area contributed by atoms with Crippen LogP contribution in [-0.2, 0) is 27.9 Å². The quantitative estimate of drug-likeness (QED) is 0.0164. The number of allylic oxidation sites excluding steroid dienone is 9. The van der Waals surface area contributed by atoms with Gasteiger partial charge in [0.25, 0.3) is 0 Å². The Balaban J connectivity index is 4.34. The monoisotopic (exact) mass is 823 g/mol. The zero-order chi connectivity index (χ0) is 42.0. The van der Waals surface area contributed by atoms with Gasteiger partial charge in [0.1, 0.15) is 19.8 Å². The van der Waals surface area contributed by atoms with Crippen LogP contribution in [0.25, 0.3) is 0 Å². The van der Waals surface area contributed by atoms with Crippen LogP contribution in [0.15, 0.2) is 60.9 Å². The summed E-state index contributed by atoms with van der Waals surface area (Å²) in [5, 5.41) is 0. The second-order valence-corrected chi connectivity index (χ2v) is 18.0. The van der Waals surface area contributed by atoms with E-state index in [1.807, 2.05) is 27.2 Å². The number of unbranched alkanes of at least 4 members (excludes halogenated alkanes) is 20. The van der Waals surface area contributed by atoms with Gasteiger partial charge >= 0.3 is 13.8 Å². The van der Waals surface area contributed by atoms with Crippen molar-refractivity contribution in [1.29, 1.82) is 0 Å². The molecule has 0 fully saturated rings. The predicted octanol–water partition coefficient (Wildman–Crippen LogP) is 14.1. The third-order valence-electron chi connectivity index (χ3n) is 9.65. The maximum absolute atomic E-state index is 12.7. The molecule has 0 aromatic carbocycles. The van der Waals surface area contributed by atoms with Crippen molar-refractivity contribution >= 4 is 13.8 Å². The van der Waals surface area contributed by atoms with Crippen LogP contribution in [0.2, 0.25) is 0 Å². The molecule has 0 aromatic heterocycles. The molecule has 0 bridgehead atoms. The standard InChI is InChI=1S/C48H88NO7P/c1-6-8-10-12-14-16-18-20-22-24-25-26-27-29-31-33-35-37-39-41-48(50)56-47(46-55-57(51,52)54-44-42-49(3,4)5)45-53-43-40-38-36-34-32-30-28-23-21-19-17-15-13-11-9-7-2/h14,16,20,22,25-26,29,31,40,43,47H,6-13,15,17-19,21,23-24,27-28,30,32-39,41-42,44-46H2,1-5H3/p+1/b16-14-,22-20-,26-25-,31-29-,43-40-/t47-/m1/s1. The lowest BCUT2D eigenvalue weighted by Crippen LogP contribution is -2.37. The van der Waals surface area contributed by atoms with Gasteiger partial charge in [-0.05, 0) is 70.3 Å². The van der Waals surface area contributed by atoms with Crippen LogP contribution in [0.1, 0.15) is 187 Å². The number of hydrogen-bond donors (Lipinski definition) is 1. The molecule has 332 valence electrons. The molecule has 1 N–H and O–H groups in total. The summed E-state index contributed by atoms with van der Waals surface area (Å²) in [6.45, 7) is 4.87. The highest BCUT2D eigenvalue weighted by Gasteiger charge is 2.26. The number of quaternary nitrogens is 1. The molecule has 0 aliphatic rings. The Morgan fingerprint density at radius 2 is 0.982 bits per heavy atom. The Hall–Kier alpha value is -1.96. The summed E-state index contributed by atoms with van der Waals surface area (Å²) >= 11 is 0. The zero-order valence-electron chi connectivity index (χ0n) is 37.6. The van der Waals surface area contributed by atoms with Gasteiger partial charge in [-0.1, -0.05) is 165 Å². The van der Waals surface area contributed by atoms with E-state index in [9.17, 15) is 14.3 Å². The van der Waals surface area contributed by atoms with Crippen molar-refractivity contribution in [2.75, 3.05) is 47.5 Å². The van der Waals surface area contributed by atoms with Crippen molar-refractivity contribution in [3.05, 3.63) is 60.9 Å².